The molecule has 1 atom stereocenters. The summed E-state index contributed by atoms with van der Waals surface area (Å²) in [4.78, 5) is 12.7. The van der Waals surface area contributed by atoms with Gasteiger partial charge in [-0.05, 0) is 31.2 Å². The van der Waals surface area contributed by atoms with Crippen LogP contribution in [0.4, 0.5) is 0 Å². The van der Waals surface area contributed by atoms with Crippen LogP contribution in [0.3, 0.4) is 0 Å². The lowest BCUT2D eigenvalue weighted by Crippen LogP contribution is -2.23. The molecule has 102 valence electrons. The Morgan fingerprint density at radius 1 is 1.35 bits per heavy atom. The van der Waals surface area contributed by atoms with Crippen LogP contribution in [0.1, 0.15) is 22.2 Å². The van der Waals surface area contributed by atoms with E-state index >= 15 is 0 Å². The van der Waals surface area contributed by atoms with E-state index in [1.165, 1.54) is 17.4 Å². The van der Waals surface area contributed by atoms with Crippen LogP contribution in [-0.4, -0.2) is 11.9 Å². The Bertz CT molecular complexity index is 691. The fourth-order valence-corrected chi connectivity index (χ4v) is 2.80. The average molecular weight is 326 g/mol. The summed E-state index contributed by atoms with van der Waals surface area (Å²) in [6.07, 6.45) is -0.727. The standard InChI is InChI=1S/C14H9Cl2NO2S/c1-8(14(18)12-4-5-13(16)20-12)19-11-6-10(15)3-2-9(11)7-17/h2-6,8H,1H3. The van der Waals surface area contributed by atoms with Crippen molar-refractivity contribution in [1.82, 2.24) is 0 Å². The van der Waals surface area contributed by atoms with Gasteiger partial charge < -0.3 is 4.74 Å². The van der Waals surface area contributed by atoms with E-state index in [-0.39, 0.29) is 5.78 Å². The quantitative estimate of drug-likeness (QED) is 0.773. The maximum Gasteiger partial charge on any atom is 0.212 e. The fourth-order valence-electron chi connectivity index (χ4n) is 1.58. The van der Waals surface area contributed by atoms with Gasteiger partial charge in [0.1, 0.15) is 11.8 Å². The zero-order chi connectivity index (χ0) is 14.7. The third-order valence-corrected chi connectivity index (χ3v) is 4.03. The number of carbonyl (C=O) groups is 1. The van der Waals surface area contributed by atoms with Crippen molar-refractivity contribution < 1.29 is 9.53 Å². The minimum absolute atomic E-state index is 0.189. The van der Waals surface area contributed by atoms with Crippen molar-refractivity contribution in [2.75, 3.05) is 0 Å². The van der Waals surface area contributed by atoms with Crippen LogP contribution in [0.2, 0.25) is 9.36 Å². The van der Waals surface area contributed by atoms with E-state index in [2.05, 4.69) is 0 Å². The predicted octanol–water partition coefficient (Wildman–Crippen LogP) is 4.58. The summed E-state index contributed by atoms with van der Waals surface area (Å²) in [6, 6.07) is 9.97. The molecule has 3 nitrogen and oxygen atoms in total. The van der Waals surface area contributed by atoms with E-state index in [1.54, 1.807) is 31.2 Å². The molecule has 1 aromatic heterocycles. The molecule has 0 fully saturated rings. The Morgan fingerprint density at radius 3 is 2.70 bits per heavy atom. The van der Waals surface area contributed by atoms with Crippen LogP contribution in [0.15, 0.2) is 30.3 Å². The summed E-state index contributed by atoms with van der Waals surface area (Å²) in [5.41, 5.74) is 0.332. The smallest absolute Gasteiger partial charge is 0.212 e. The molecule has 0 bridgehead atoms. The molecule has 0 saturated heterocycles. The van der Waals surface area contributed by atoms with Crippen molar-refractivity contribution in [3.8, 4) is 11.8 Å². The van der Waals surface area contributed by atoms with Crippen LogP contribution in [-0.2, 0) is 0 Å². The number of rotatable bonds is 4. The van der Waals surface area contributed by atoms with E-state index in [1.807, 2.05) is 6.07 Å². The number of ether oxygens (including phenoxy) is 1. The van der Waals surface area contributed by atoms with E-state index in [4.69, 9.17) is 33.2 Å². The molecule has 0 radical (unpaired) electrons. The first-order valence-corrected chi connectivity index (χ1v) is 7.24. The van der Waals surface area contributed by atoms with Crippen molar-refractivity contribution in [3.05, 3.63) is 50.1 Å². The first-order chi connectivity index (χ1) is 9.51. The van der Waals surface area contributed by atoms with Gasteiger partial charge in [-0.3, -0.25) is 4.79 Å². The lowest BCUT2D eigenvalue weighted by Gasteiger charge is -2.14. The van der Waals surface area contributed by atoms with Gasteiger partial charge in [-0.2, -0.15) is 5.26 Å². The lowest BCUT2D eigenvalue weighted by atomic mass is 10.2. The predicted molar refractivity (Wildman–Crippen MR) is 79.9 cm³/mol. The second-order valence-corrected chi connectivity index (χ2v) is 6.13. The number of hydrogen-bond donors (Lipinski definition) is 0. The highest BCUT2D eigenvalue weighted by molar-refractivity contribution is 7.18. The maximum absolute atomic E-state index is 12.2. The summed E-state index contributed by atoms with van der Waals surface area (Å²) in [6.45, 7) is 1.62. The summed E-state index contributed by atoms with van der Waals surface area (Å²) < 4.78 is 6.09. The zero-order valence-corrected chi connectivity index (χ0v) is 12.7. The van der Waals surface area contributed by atoms with Gasteiger partial charge in [0.15, 0.2) is 6.10 Å². The Morgan fingerprint density at radius 2 is 2.10 bits per heavy atom. The zero-order valence-electron chi connectivity index (χ0n) is 10.4. The number of nitriles is 1. The maximum atomic E-state index is 12.2. The highest BCUT2D eigenvalue weighted by Gasteiger charge is 2.20. The Kier molecular flexibility index (Phi) is 4.66. The lowest BCUT2D eigenvalue weighted by molar-refractivity contribution is 0.0822. The van der Waals surface area contributed by atoms with Gasteiger partial charge in [-0.1, -0.05) is 23.2 Å². The molecule has 1 aromatic carbocycles. The number of carbonyl (C=O) groups excluding carboxylic acids is 1. The van der Waals surface area contributed by atoms with Crippen LogP contribution in [0.25, 0.3) is 0 Å². The Balaban J connectivity index is 2.20. The average Bonchev–Trinajstić information content (AvgIpc) is 2.84. The van der Waals surface area contributed by atoms with Gasteiger partial charge in [0.2, 0.25) is 5.78 Å². The molecule has 0 aliphatic carbocycles. The molecule has 20 heavy (non-hydrogen) atoms. The van der Waals surface area contributed by atoms with E-state index in [9.17, 15) is 4.79 Å². The molecule has 6 heteroatoms. The summed E-state index contributed by atoms with van der Waals surface area (Å²) in [5.74, 6) is 0.106. The van der Waals surface area contributed by atoms with Gasteiger partial charge in [-0.25, -0.2) is 0 Å². The molecule has 2 aromatic rings. The number of benzene rings is 1. The molecule has 1 heterocycles. The monoisotopic (exact) mass is 325 g/mol. The van der Waals surface area contributed by atoms with Gasteiger partial charge in [0.25, 0.3) is 0 Å². The Hall–Kier alpha value is -1.54. The van der Waals surface area contributed by atoms with Gasteiger partial charge in [0.05, 0.1) is 14.8 Å². The molecule has 0 amide bonds. The van der Waals surface area contributed by atoms with Crippen LogP contribution >= 0.6 is 34.5 Å². The number of thiophene rings is 1. The normalized spacial score (nSPS) is 11.7. The largest absolute Gasteiger partial charge is 0.481 e. The SMILES string of the molecule is CC(Oc1cc(Cl)ccc1C#N)C(=O)c1ccc(Cl)s1. The third kappa shape index (κ3) is 3.31. The molecule has 0 aliphatic heterocycles. The van der Waals surface area contributed by atoms with Crippen LogP contribution in [0, 0.1) is 11.3 Å². The van der Waals surface area contributed by atoms with E-state index < -0.39 is 6.10 Å². The fraction of sp³-hybridized carbons (Fsp3) is 0.143. The van der Waals surface area contributed by atoms with Crippen molar-refractivity contribution in [1.29, 1.82) is 5.26 Å². The minimum Gasteiger partial charge on any atom is -0.481 e. The number of ketones is 1. The summed E-state index contributed by atoms with van der Waals surface area (Å²) in [5, 5.41) is 9.45. The van der Waals surface area contributed by atoms with Crippen LogP contribution in [0.5, 0.6) is 5.75 Å². The minimum atomic E-state index is -0.727. The number of hydrogen-bond acceptors (Lipinski definition) is 4. The van der Waals surface area contributed by atoms with Crippen molar-refractivity contribution in [2.45, 2.75) is 13.0 Å². The molecular formula is C14H9Cl2NO2S. The van der Waals surface area contributed by atoms with Crippen molar-refractivity contribution >= 4 is 40.3 Å². The first-order valence-electron chi connectivity index (χ1n) is 5.67. The molecule has 2 rings (SSSR count). The van der Waals surface area contributed by atoms with E-state index in [0.717, 1.165) is 0 Å². The highest BCUT2D eigenvalue weighted by Crippen LogP contribution is 2.26. The Labute approximate surface area is 130 Å². The van der Waals surface area contributed by atoms with Gasteiger partial charge >= 0.3 is 0 Å². The van der Waals surface area contributed by atoms with Gasteiger partial charge in [-0.15, -0.1) is 11.3 Å². The second-order valence-electron chi connectivity index (χ2n) is 3.98. The molecule has 0 spiro atoms. The number of halogens is 2. The van der Waals surface area contributed by atoms with E-state index in [0.29, 0.717) is 25.5 Å². The molecular weight excluding hydrogens is 317 g/mol. The number of Topliss-reactive ketones (excluding diaryl/α,β-unsaturated/α-hetero) is 1. The third-order valence-electron chi connectivity index (χ3n) is 2.55. The topological polar surface area (TPSA) is 50.1 Å². The van der Waals surface area contributed by atoms with Gasteiger partial charge in [0, 0.05) is 11.1 Å². The first kappa shape index (κ1) is 14.9. The molecule has 0 aliphatic rings. The second kappa shape index (κ2) is 6.27. The molecule has 0 N–H and O–H groups in total. The highest BCUT2D eigenvalue weighted by atomic mass is 35.5. The molecule has 1 unspecified atom stereocenters. The number of nitrogens with zero attached hydrogens (tertiary/aromatic N) is 1. The van der Waals surface area contributed by atoms with Crippen LogP contribution < -0.4 is 4.74 Å². The molecule has 0 saturated carbocycles. The van der Waals surface area contributed by atoms with Crippen molar-refractivity contribution in [2.24, 2.45) is 0 Å². The summed E-state index contributed by atoms with van der Waals surface area (Å²) in [7, 11) is 0. The van der Waals surface area contributed by atoms with Crippen molar-refractivity contribution in [3.63, 3.8) is 0 Å². The summed E-state index contributed by atoms with van der Waals surface area (Å²) >= 11 is 12.9.